The second-order valence-corrected chi connectivity index (χ2v) is 10.6. The number of hydrogen-bond acceptors (Lipinski definition) is 7. The molecule has 182 valence electrons. The van der Waals surface area contributed by atoms with Gasteiger partial charge in [-0.3, -0.25) is 4.72 Å². The van der Waals surface area contributed by atoms with E-state index in [-0.39, 0.29) is 41.0 Å². The van der Waals surface area contributed by atoms with Crippen molar-refractivity contribution in [3.05, 3.63) is 78.6 Å². The van der Waals surface area contributed by atoms with Crippen LogP contribution in [0.3, 0.4) is 0 Å². The van der Waals surface area contributed by atoms with Gasteiger partial charge in [0.05, 0.1) is 11.5 Å². The quantitative estimate of drug-likeness (QED) is 0.359. The molecule has 9 heteroatoms. The van der Waals surface area contributed by atoms with Crippen molar-refractivity contribution in [1.82, 2.24) is 9.97 Å². The number of sulfonamides is 1. The van der Waals surface area contributed by atoms with E-state index in [2.05, 4.69) is 35.5 Å². The molecule has 0 spiro atoms. The molecular weight excluding hydrogens is 466 g/mol. The van der Waals surface area contributed by atoms with Crippen molar-refractivity contribution in [3.8, 4) is 17.4 Å². The fourth-order valence-electron chi connectivity index (χ4n) is 3.44. The molecule has 2 N–H and O–H groups in total. The average Bonchev–Trinajstić information content (AvgIpc) is 2.83. The number of benzene rings is 3. The summed E-state index contributed by atoms with van der Waals surface area (Å²) >= 11 is 0. The van der Waals surface area contributed by atoms with Crippen molar-refractivity contribution in [2.75, 3.05) is 17.9 Å². The number of aliphatic hydroxyl groups is 1. The molecule has 0 atom stereocenters. The minimum atomic E-state index is -3.99. The number of anilines is 1. The molecule has 0 aliphatic rings. The van der Waals surface area contributed by atoms with Gasteiger partial charge >= 0.3 is 0 Å². The highest BCUT2D eigenvalue weighted by Gasteiger charge is 2.23. The smallest absolute Gasteiger partial charge is 0.263 e. The zero-order valence-corrected chi connectivity index (χ0v) is 20.5. The number of rotatable bonds is 8. The van der Waals surface area contributed by atoms with Crippen molar-refractivity contribution in [1.29, 1.82) is 0 Å². The number of aromatic nitrogens is 2. The van der Waals surface area contributed by atoms with Crippen LogP contribution in [0, 0.1) is 0 Å². The van der Waals surface area contributed by atoms with Crippen LogP contribution < -0.4 is 14.2 Å². The molecule has 4 rings (SSSR count). The Morgan fingerprint density at radius 1 is 0.943 bits per heavy atom. The largest absolute Gasteiger partial charge is 0.472 e. The summed E-state index contributed by atoms with van der Waals surface area (Å²) in [6.45, 7) is 5.87. The molecule has 0 unspecified atom stereocenters. The van der Waals surface area contributed by atoms with Crippen LogP contribution in [0.1, 0.15) is 26.3 Å². The van der Waals surface area contributed by atoms with E-state index >= 15 is 0 Å². The van der Waals surface area contributed by atoms with Crippen molar-refractivity contribution in [2.24, 2.45) is 0 Å². The SMILES string of the molecule is CC(C)(C)c1ccc(S(=O)(=O)Nc2ncnc(OCCO)c2Oc2ccc3ccccc3c2)cc1. The number of aliphatic hydroxyl groups excluding tert-OH is 1. The van der Waals surface area contributed by atoms with Gasteiger partial charge in [-0.25, -0.2) is 13.4 Å². The summed E-state index contributed by atoms with van der Waals surface area (Å²) in [5.74, 6) is 0.359. The minimum absolute atomic E-state index is 0.00277. The Balaban J connectivity index is 1.69. The van der Waals surface area contributed by atoms with E-state index in [9.17, 15) is 13.5 Å². The molecule has 1 aromatic heterocycles. The van der Waals surface area contributed by atoms with Crippen LogP contribution in [0.4, 0.5) is 5.82 Å². The van der Waals surface area contributed by atoms with Gasteiger partial charge in [-0.05, 0) is 46.0 Å². The summed E-state index contributed by atoms with van der Waals surface area (Å²) in [7, 11) is -3.99. The third-order valence-electron chi connectivity index (χ3n) is 5.30. The van der Waals surface area contributed by atoms with E-state index in [0.717, 1.165) is 16.3 Å². The fourth-order valence-corrected chi connectivity index (χ4v) is 4.45. The highest BCUT2D eigenvalue weighted by molar-refractivity contribution is 7.92. The van der Waals surface area contributed by atoms with Crippen LogP contribution >= 0.6 is 0 Å². The molecule has 3 aromatic carbocycles. The molecule has 0 aliphatic heterocycles. The maximum atomic E-state index is 13.2. The molecule has 35 heavy (non-hydrogen) atoms. The zero-order chi connectivity index (χ0) is 25.1. The van der Waals surface area contributed by atoms with E-state index in [0.29, 0.717) is 5.75 Å². The molecule has 0 fully saturated rings. The van der Waals surface area contributed by atoms with Gasteiger partial charge in [0, 0.05) is 0 Å². The first-order valence-corrected chi connectivity index (χ1v) is 12.5. The van der Waals surface area contributed by atoms with Gasteiger partial charge in [0.1, 0.15) is 18.7 Å². The maximum absolute atomic E-state index is 13.2. The predicted octanol–water partition coefficient (Wildman–Crippen LogP) is 4.89. The van der Waals surface area contributed by atoms with E-state index in [1.165, 1.54) is 6.33 Å². The number of hydrogen-bond donors (Lipinski definition) is 2. The van der Waals surface area contributed by atoms with Gasteiger partial charge < -0.3 is 14.6 Å². The predicted molar refractivity (Wildman–Crippen MR) is 135 cm³/mol. The monoisotopic (exact) mass is 493 g/mol. The lowest BCUT2D eigenvalue weighted by molar-refractivity contribution is 0.192. The maximum Gasteiger partial charge on any atom is 0.263 e. The average molecular weight is 494 g/mol. The minimum Gasteiger partial charge on any atom is -0.472 e. The van der Waals surface area contributed by atoms with Gasteiger partial charge in [-0.2, -0.15) is 4.98 Å². The van der Waals surface area contributed by atoms with Crippen LogP contribution in [0.15, 0.2) is 78.0 Å². The Morgan fingerprint density at radius 3 is 2.34 bits per heavy atom. The van der Waals surface area contributed by atoms with Gasteiger partial charge in [0.25, 0.3) is 15.9 Å². The van der Waals surface area contributed by atoms with Crippen LogP contribution in [0.2, 0.25) is 0 Å². The van der Waals surface area contributed by atoms with Gasteiger partial charge in [0.15, 0.2) is 5.82 Å². The van der Waals surface area contributed by atoms with E-state index in [1.807, 2.05) is 36.4 Å². The summed E-state index contributed by atoms with van der Waals surface area (Å²) in [6, 6.07) is 19.9. The topological polar surface area (TPSA) is 111 Å². The lowest BCUT2D eigenvalue weighted by atomic mass is 9.87. The van der Waals surface area contributed by atoms with Crippen molar-refractivity contribution in [3.63, 3.8) is 0 Å². The van der Waals surface area contributed by atoms with Crippen molar-refractivity contribution >= 4 is 26.6 Å². The number of ether oxygens (including phenoxy) is 2. The normalized spacial score (nSPS) is 11.9. The highest BCUT2D eigenvalue weighted by Crippen LogP contribution is 2.37. The molecule has 0 aliphatic carbocycles. The third-order valence-corrected chi connectivity index (χ3v) is 6.66. The molecule has 4 aromatic rings. The number of fused-ring (bicyclic) bond motifs is 1. The molecule has 1 heterocycles. The fraction of sp³-hybridized carbons (Fsp3) is 0.231. The Kier molecular flexibility index (Phi) is 6.90. The first-order valence-electron chi connectivity index (χ1n) is 11.1. The standard InChI is InChI=1S/C26H27N3O5S/c1-26(2,3)20-9-12-22(13-10-20)35(31,32)29-24-23(25(28-17-27-24)33-15-14-30)34-21-11-8-18-6-4-5-7-19(18)16-21/h4-13,16-17,30H,14-15H2,1-3H3,(H,27,28,29). The Morgan fingerprint density at radius 2 is 1.66 bits per heavy atom. The second kappa shape index (κ2) is 9.89. The highest BCUT2D eigenvalue weighted by atomic mass is 32.2. The van der Waals surface area contributed by atoms with Crippen LogP contribution in [-0.4, -0.2) is 36.7 Å². The van der Waals surface area contributed by atoms with Gasteiger partial charge in [0.2, 0.25) is 5.75 Å². The molecule has 0 saturated carbocycles. The molecule has 0 bridgehead atoms. The van der Waals surface area contributed by atoms with Crippen LogP contribution in [0.25, 0.3) is 10.8 Å². The van der Waals surface area contributed by atoms with Gasteiger partial charge in [-0.15, -0.1) is 0 Å². The lowest BCUT2D eigenvalue weighted by Crippen LogP contribution is -2.16. The summed E-state index contributed by atoms with van der Waals surface area (Å²) < 4.78 is 40.3. The first kappa shape index (κ1) is 24.4. The lowest BCUT2D eigenvalue weighted by Gasteiger charge is -2.19. The first-order chi connectivity index (χ1) is 16.7. The molecular formula is C26H27N3O5S. The van der Waals surface area contributed by atoms with Crippen LogP contribution in [0.5, 0.6) is 17.4 Å². The summed E-state index contributed by atoms with van der Waals surface area (Å²) in [5, 5.41) is 11.2. The van der Waals surface area contributed by atoms with E-state index in [4.69, 9.17) is 9.47 Å². The summed E-state index contributed by atoms with van der Waals surface area (Å²) in [4.78, 5) is 8.26. The van der Waals surface area contributed by atoms with Crippen LogP contribution in [-0.2, 0) is 15.4 Å². The molecule has 0 radical (unpaired) electrons. The Bertz CT molecular complexity index is 1430. The zero-order valence-electron chi connectivity index (χ0n) is 19.7. The van der Waals surface area contributed by atoms with Crippen molar-refractivity contribution < 1.29 is 23.0 Å². The Hall–Kier alpha value is -3.69. The molecule has 8 nitrogen and oxygen atoms in total. The molecule has 0 amide bonds. The third kappa shape index (κ3) is 5.70. The van der Waals surface area contributed by atoms with E-state index in [1.54, 1.807) is 30.3 Å². The number of nitrogens with one attached hydrogen (secondary N) is 1. The summed E-state index contributed by atoms with van der Waals surface area (Å²) in [5.41, 5.74) is 0.904. The number of nitrogens with zero attached hydrogens (tertiary/aromatic N) is 2. The Labute approximate surface area is 204 Å². The van der Waals surface area contributed by atoms with Crippen molar-refractivity contribution in [2.45, 2.75) is 31.1 Å². The second-order valence-electron chi connectivity index (χ2n) is 8.92. The van der Waals surface area contributed by atoms with E-state index < -0.39 is 10.0 Å². The summed E-state index contributed by atoms with van der Waals surface area (Å²) in [6.07, 6.45) is 1.17. The molecule has 0 saturated heterocycles. The van der Waals surface area contributed by atoms with Gasteiger partial charge in [-0.1, -0.05) is 63.2 Å².